The molecule has 1 aromatic heterocycles. The van der Waals surface area contributed by atoms with E-state index in [9.17, 15) is 8.78 Å². The summed E-state index contributed by atoms with van der Waals surface area (Å²) in [6, 6.07) is 0. The summed E-state index contributed by atoms with van der Waals surface area (Å²) in [7, 11) is 0. The normalized spacial score (nSPS) is 21.6. The molecular formula is C11H16F2N2O. The molecule has 1 N–H and O–H groups in total. The van der Waals surface area contributed by atoms with Gasteiger partial charge in [-0.2, -0.15) is 0 Å². The molecule has 1 unspecified atom stereocenters. The van der Waals surface area contributed by atoms with Crippen LogP contribution in [0.1, 0.15) is 36.6 Å². The van der Waals surface area contributed by atoms with Gasteiger partial charge in [-0.1, -0.05) is 0 Å². The fourth-order valence-electron chi connectivity index (χ4n) is 2.10. The first-order chi connectivity index (χ1) is 7.66. The topological polar surface area (TPSA) is 38.1 Å². The maximum absolute atomic E-state index is 12.5. The second-order valence-electron chi connectivity index (χ2n) is 4.27. The molecule has 0 amide bonds. The summed E-state index contributed by atoms with van der Waals surface area (Å²) in [5.41, 5.74) is 0.314. The Morgan fingerprint density at radius 2 is 2.38 bits per heavy atom. The average Bonchev–Trinajstić information content (AvgIpc) is 2.61. The molecule has 2 heterocycles. The monoisotopic (exact) mass is 230 g/mol. The number of piperidine rings is 1. The molecule has 5 heteroatoms. The smallest absolute Gasteiger partial charge is 0.297 e. The van der Waals surface area contributed by atoms with E-state index in [1.54, 1.807) is 6.92 Å². The molecule has 1 saturated heterocycles. The van der Waals surface area contributed by atoms with Gasteiger partial charge in [-0.05, 0) is 38.8 Å². The van der Waals surface area contributed by atoms with E-state index in [2.05, 4.69) is 10.3 Å². The first-order valence-corrected chi connectivity index (χ1v) is 5.62. The quantitative estimate of drug-likeness (QED) is 0.866. The van der Waals surface area contributed by atoms with Crippen LogP contribution in [0.4, 0.5) is 8.78 Å². The second-order valence-corrected chi connectivity index (χ2v) is 4.27. The SMILES string of the molecule is Cc1nc(CC2CCCNC2)oc1C(F)F. The highest BCUT2D eigenvalue weighted by Crippen LogP contribution is 2.25. The maximum atomic E-state index is 12.5. The molecule has 0 spiro atoms. The Kier molecular flexibility index (Phi) is 3.53. The van der Waals surface area contributed by atoms with E-state index in [-0.39, 0.29) is 5.76 Å². The van der Waals surface area contributed by atoms with E-state index < -0.39 is 6.43 Å². The van der Waals surface area contributed by atoms with Crippen LogP contribution in [0.3, 0.4) is 0 Å². The molecule has 0 saturated carbocycles. The number of aromatic nitrogens is 1. The third-order valence-corrected chi connectivity index (χ3v) is 2.94. The molecule has 0 aliphatic carbocycles. The van der Waals surface area contributed by atoms with Gasteiger partial charge in [0.2, 0.25) is 0 Å². The molecule has 16 heavy (non-hydrogen) atoms. The molecule has 1 fully saturated rings. The van der Waals surface area contributed by atoms with Crippen LogP contribution in [0.15, 0.2) is 4.42 Å². The molecule has 0 bridgehead atoms. The lowest BCUT2D eigenvalue weighted by Crippen LogP contribution is -2.30. The Morgan fingerprint density at radius 3 is 2.94 bits per heavy atom. The van der Waals surface area contributed by atoms with Gasteiger partial charge in [-0.25, -0.2) is 13.8 Å². The molecule has 2 rings (SSSR count). The minimum Gasteiger partial charge on any atom is -0.439 e. The van der Waals surface area contributed by atoms with E-state index >= 15 is 0 Å². The van der Waals surface area contributed by atoms with E-state index in [0.717, 1.165) is 25.9 Å². The number of nitrogens with zero attached hydrogens (tertiary/aromatic N) is 1. The molecule has 1 atom stereocenters. The summed E-state index contributed by atoms with van der Waals surface area (Å²) >= 11 is 0. The van der Waals surface area contributed by atoms with Crippen molar-refractivity contribution in [3.05, 3.63) is 17.3 Å². The van der Waals surface area contributed by atoms with Crippen LogP contribution in [0.2, 0.25) is 0 Å². The predicted molar refractivity (Wildman–Crippen MR) is 55.5 cm³/mol. The van der Waals surface area contributed by atoms with Gasteiger partial charge in [0, 0.05) is 6.42 Å². The van der Waals surface area contributed by atoms with Crippen molar-refractivity contribution in [2.45, 2.75) is 32.6 Å². The summed E-state index contributed by atoms with van der Waals surface area (Å²) in [6.07, 6.45) is 0.330. The number of halogens is 2. The third kappa shape index (κ3) is 2.58. The fourth-order valence-corrected chi connectivity index (χ4v) is 2.10. The van der Waals surface area contributed by atoms with Crippen molar-refractivity contribution in [2.24, 2.45) is 5.92 Å². The minimum atomic E-state index is -2.56. The number of aryl methyl sites for hydroxylation is 1. The van der Waals surface area contributed by atoms with Crippen molar-refractivity contribution in [3.63, 3.8) is 0 Å². The minimum absolute atomic E-state index is 0.279. The van der Waals surface area contributed by atoms with Gasteiger partial charge in [0.1, 0.15) is 0 Å². The Bertz CT molecular complexity index is 346. The lowest BCUT2D eigenvalue weighted by Gasteiger charge is -2.21. The standard InChI is InChI=1S/C11H16F2N2O/c1-7-10(11(12)13)16-9(15-7)5-8-3-2-4-14-6-8/h8,11,14H,2-6H2,1H3. The Balaban J connectivity index is 2.01. The number of oxazole rings is 1. The zero-order chi connectivity index (χ0) is 11.5. The van der Waals surface area contributed by atoms with Crippen LogP contribution in [-0.2, 0) is 6.42 Å². The van der Waals surface area contributed by atoms with Crippen LogP contribution < -0.4 is 5.32 Å². The molecule has 1 aromatic rings. The Hall–Kier alpha value is -0.970. The van der Waals surface area contributed by atoms with Crippen molar-refractivity contribution in [2.75, 3.05) is 13.1 Å². The number of alkyl halides is 2. The van der Waals surface area contributed by atoms with Gasteiger partial charge in [0.05, 0.1) is 5.69 Å². The molecule has 0 aromatic carbocycles. The Morgan fingerprint density at radius 1 is 1.56 bits per heavy atom. The lowest BCUT2D eigenvalue weighted by molar-refractivity contribution is 0.118. The van der Waals surface area contributed by atoms with E-state index in [1.807, 2.05) is 0 Å². The zero-order valence-electron chi connectivity index (χ0n) is 9.30. The van der Waals surface area contributed by atoms with E-state index in [1.165, 1.54) is 0 Å². The van der Waals surface area contributed by atoms with E-state index in [0.29, 0.717) is 23.9 Å². The van der Waals surface area contributed by atoms with Crippen molar-refractivity contribution < 1.29 is 13.2 Å². The van der Waals surface area contributed by atoms with Crippen molar-refractivity contribution >= 4 is 0 Å². The van der Waals surface area contributed by atoms with Crippen molar-refractivity contribution in [3.8, 4) is 0 Å². The highest BCUT2D eigenvalue weighted by Gasteiger charge is 2.21. The first-order valence-electron chi connectivity index (χ1n) is 5.62. The van der Waals surface area contributed by atoms with Crippen LogP contribution in [0, 0.1) is 12.8 Å². The summed E-state index contributed by atoms with van der Waals surface area (Å²) < 4.78 is 30.0. The van der Waals surface area contributed by atoms with Gasteiger partial charge >= 0.3 is 0 Å². The van der Waals surface area contributed by atoms with Crippen molar-refractivity contribution in [1.29, 1.82) is 0 Å². The summed E-state index contributed by atoms with van der Waals surface area (Å²) in [5, 5.41) is 3.28. The largest absolute Gasteiger partial charge is 0.439 e. The summed E-state index contributed by atoms with van der Waals surface area (Å²) in [5.74, 6) is 0.623. The zero-order valence-corrected chi connectivity index (χ0v) is 9.30. The summed E-state index contributed by atoms with van der Waals surface area (Å²) in [6.45, 7) is 3.53. The molecule has 1 aliphatic rings. The van der Waals surface area contributed by atoms with Gasteiger partial charge in [0.15, 0.2) is 11.7 Å². The van der Waals surface area contributed by atoms with Gasteiger partial charge in [-0.15, -0.1) is 0 Å². The molecule has 0 radical (unpaired) electrons. The number of nitrogens with one attached hydrogen (secondary N) is 1. The van der Waals surface area contributed by atoms with Gasteiger partial charge < -0.3 is 9.73 Å². The van der Waals surface area contributed by atoms with Gasteiger partial charge in [-0.3, -0.25) is 0 Å². The van der Waals surface area contributed by atoms with Crippen molar-refractivity contribution in [1.82, 2.24) is 10.3 Å². The molecule has 3 nitrogen and oxygen atoms in total. The summed E-state index contributed by atoms with van der Waals surface area (Å²) in [4.78, 5) is 4.05. The van der Waals surface area contributed by atoms with Gasteiger partial charge in [0.25, 0.3) is 6.43 Å². The number of hydrogen-bond acceptors (Lipinski definition) is 3. The van der Waals surface area contributed by atoms with E-state index in [4.69, 9.17) is 4.42 Å². The molecular weight excluding hydrogens is 214 g/mol. The second kappa shape index (κ2) is 4.91. The molecule has 1 aliphatic heterocycles. The highest BCUT2D eigenvalue weighted by atomic mass is 19.3. The number of rotatable bonds is 3. The lowest BCUT2D eigenvalue weighted by atomic mass is 9.96. The third-order valence-electron chi connectivity index (χ3n) is 2.94. The highest BCUT2D eigenvalue weighted by molar-refractivity contribution is 5.09. The molecule has 90 valence electrons. The number of hydrogen-bond donors (Lipinski definition) is 1. The van der Waals surface area contributed by atoms with Crippen LogP contribution >= 0.6 is 0 Å². The fraction of sp³-hybridized carbons (Fsp3) is 0.727. The van der Waals surface area contributed by atoms with Crippen LogP contribution in [-0.4, -0.2) is 18.1 Å². The van der Waals surface area contributed by atoms with Crippen LogP contribution in [0.5, 0.6) is 0 Å². The first kappa shape index (κ1) is 11.5. The maximum Gasteiger partial charge on any atom is 0.297 e. The Labute approximate surface area is 93.2 Å². The van der Waals surface area contributed by atoms with Crippen LogP contribution in [0.25, 0.3) is 0 Å². The predicted octanol–water partition coefficient (Wildman–Crippen LogP) is 2.46. The average molecular weight is 230 g/mol.